The number of nitriles is 1. The van der Waals surface area contributed by atoms with Crippen molar-refractivity contribution in [1.29, 1.82) is 5.26 Å². The van der Waals surface area contributed by atoms with Crippen LogP contribution in [0, 0.1) is 17.1 Å². The van der Waals surface area contributed by atoms with Crippen LogP contribution in [0.5, 0.6) is 0 Å². The zero-order valence-corrected chi connectivity index (χ0v) is 20.0. The van der Waals surface area contributed by atoms with Gasteiger partial charge >= 0.3 is 0 Å². The van der Waals surface area contributed by atoms with Crippen molar-refractivity contribution in [2.75, 3.05) is 16.8 Å². The van der Waals surface area contributed by atoms with E-state index in [0.29, 0.717) is 34.0 Å². The van der Waals surface area contributed by atoms with E-state index in [2.05, 4.69) is 20.9 Å². The number of aryl methyl sites for hydroxylation is 1. The molecule has 0 spiro atoms. The number of rotatable bonds is 5. The average molecular weight is 481 g/mol. The molecule has 3 heterocycles. The molecule has 3 aromatic heterocycles. The van der Waals surface area contributed by atoms with Crippen molar-refractivity contribution in [2.24, 2.45) is 7.05 Å². The topological polar surface area (TPSA) is 78.0 Å². The van der Waals surface area contributed by atoms with Gasteiger partial charge in [0.15, 0.2) is 0 Å². The minimum Gasteiger partial charge on any atom is -0.369 e. The molecule has 0 aromatic carbocycles. The Hall–Kier alpha value is -3.18. The van der Waals surface area contributed by atoms with Crippen LogP contribution in [0.1, 0.15) is 44.1 Å². The van der Waals surface area contributed by atoms with Crippen molar-refractivity contribution in [3.8, 4) is 6.07 Å². The van der Waals surface area contributed by atoms with Crippen molar-refractivity contribution in [2.45, 2.75) is 56.7 Å². The van der Waals surface area contributed by atoms with Crippen LogP contribution < -0.4 is 15.4 Å². The van der Waals surface area contributed by atoms with Crippen molar-refractivity contribution in [1.82, 2.24) is 14.5 Å². The Bertz CT molecular complexity index is 1320. The van der Waals surface area contributed by atoms with Gasteiger partial charge in [0.2, 0.25) is 0 Å². The third-order valence-electron chi connectivity index (χ3n) is 7.17. The van der Waals surface area contributed by atoms with Crippen molar-refractivity contribution >= 4 is 34.1 Å². The summed E-state index contributed by atoms with van der Waals surface area (Å²) in [5.74, 6) is 0.511. The maximum Gasteiger partial charge on any atom is 0.270 e. The van der Waals surface area contributed by atoms with Crippen LogP contribution in [0.25, 0.3) is 11.0 Å². The van der Waals surface area contributed by atoms with Gasteiger partial charge in [0, 0.05) is 32.2 Å². The summed E-state index contributed by atoms with van der Waals surface area (Å²) in [4.78, 5) is 26.2. The Kier molecular flexibility index (Phi) is 5.90. The SMILES string of the molecule is CN(c1c(C#N)c(=O)n(C)c2ccc(Cl)nc12)C1CCC(N(c2ccc(F)cn2)C2CC2)CC1. The molecule has 0 bridgehead atoms. The molecule has 176 valence electrons. The Labute approximate surface area is 202 Å². The number of nitrogens with zero attached hydrogens (tertiary/aromatic N) is 6. The predicted molar refractivity (Wildman–Crippen MR) is 131 cm³/mol. The van der Waals surface area contributed by atoms with Crippen LogP contribution in [0.2, 0.25) is 5.15 Å². The summed E-state index contributed by atoms with van der Waals surface area (Å²) in [6.07, 6.45) is 7.24. The summed E-state index contributed by atoms with van der Waals surface area (Å²) in [6, 6.07) is 9.72. The van der Waals surface area contributed by atoms with Gasteiger partial charge in [-0.1, -0.05) is 11.6 Å². The minimum absolute atomic E-state index is 0.0875. The Balaban J connectivity index is 1.42. The Morgan fingerprint density at radius 1 is 1.09 bits per heavy atom. The molecule has 2 aliphatic rings. The highest BCUT2D eigenvalue weighted by molar-refractivity contribution is 6.29. The highest BCUT2D eigenvalue weighted by Gasteiger charge is 2.38. The minimum atomic E-state index is -0.336. The second kappa shape index (κ2) is 8.88. The van der Waals surface area contributed by atoms with Crippen LogP contribution in [0.3, 0.4) is 0 Å². The molecule has 0 aliphatic heterocycles. The predicted octanol–water partition coefficient (Wildman–Crippen LogP) is 4.41. The summed E-state index contributed by atoms with van der Waals surface area (Å²) in [5.41, 5.74) is 1.50. The van der Waals surface area contributed by atoms with Crippen molar-refractivity contribution in [3.05, 3.63) is 57.3 Å². The second-order valence-corrected chi connectivity index (χ2v) is 9.63. The number of fused-ring (bicyclic) bond motifs is 1. The van der Waals surface area contributed by atoms with Gasteiger partial charge in [-0.3, -0.25) is 4.79 Å². The van der Waals surface area contributed by atoms with E-state index in [0.717, 1.165) is 44.3 Å². The normalized spacial score (nSPS) is 20.2. The van der Waals surface area contributed by atoms with E-state index in [4.69, 9.17) is 11.6 Å². The summed E-state index contributed by atoms with van der Waals surface area (Å²) >= 11 is 6.19. The van der Waals surface area contributed by atoms with E-state index in [1.807, 2.05) is 11.9 Å². The number of pyridine rings is 3. The summed E-state index contributed by atoms with van der Waals surface area (Å²) in [7, 11) is 3.58. The van der Waals surface area contributed by atoms with Gasteiger partial charge < -0.3 is 14.4 Å². The van der Waals surface area contributed by atoms with E-state index in [1.54, 1.807) is 25.2 Å². The lowest BCUT2D eigenvalue weighted by Crippen LogP contribution is -2.45. The smallest absolute Gasteiger partial charge is 0.270 e. The molecule has 0 saturated heterocycles. The molecule has 9 heteroatoms. The number of hydrogen-bond acceptors (Lipinski definition) is 6. The first-order valence-corrected chi connectivity index (χ1v) is 12.0. The molecule has 0 radical (unpaired) electrons. The molecule has 0 unspecified atom stereocenters. The first kappa shape index (κ1) is 22.6. The number of hydrogen-bond donors (Lipinski definition) is 0. The summed E-state index contributed by atoms with van der Waals surface area (Å²) < 4.78 is 14.9. The quantitative estimate of drug-likeness (QED) is 0.503. The molecule has 7 nitrogen and oxygen atoms in total. The molecule has 34 heavy (non-hydrogen) atoms. The number of aromatic nitrogens is 3. The molecule has 0 N–H and O–H groups in total. The fourth-order valence-corrected chi connectivity index (χ4v) is 5.41. The van der Waals surface area contributed by atoms with Crippen LogP contribution in [0.4, 0.5) is 15.9 Å². The van der Waals surface area contributed by atoms with Crippen molar-refractivity contribution < 1.29 is 4.39 Å². The standard InChI is InChI=1S/C25H26ClFN6O/c1-31(24-19(13-28)25(34)32(2)20-10-11-21(26)30-23(20)24)16-4-6-17(7-5-16)33(18-8-9-18)22-12-3-15(27)14-29-22/h3,10-12,14,16-18H,4-9H2,1-2H3. The van der Waals surface area contributed by atoms with Crippen LogP contribution >= 0.6 is 11.6 Å². The molecule has 2 saturated carbocycles. The van der Waals surface area contributed by atoms with Crippen LogP contribution in [-0.4, -0.2) is 39.7 Å². The second-order valence-electron chi connectivity index (χ2n) is 9.25. The maximum absolute atomic E-state index is 13.4. The van der Waals surface area contributed by atoms with Crippen molar-refractivity contribution in [3.63, 3.8) is 0 Å². The highest BCUT2D eigenvalue weighted by atomic mass is 35.5. The zero-order valence-electron chi connectivity index (χ0n) is 19.2. The Morgan fingerprint density at radius 3 is 2.32 bits per heavy atom. The molecule has 0 atom stereocenters. The lowest BCUT2D eigenvalue weighted by Gasteiger charge is -2.41. The van der Waals surface area contributed by atoms with E-state index in [-0.39, 0.29) is 23.0 Å². The van der Waals surface area contributed by atoms with Gasteiger partial charge in [0.25, 0.3) is 5.56 Å². The van der Waals surface area contributed by atoms with Gasteiger partial charge in [-0.25, -0.2) is 14.4 Å². The molecule has 2 aliphatic carbocycles. The molecular weight excluding hydrogens is 455 g/mol. The monoisotopic (exact) mass is 480 g/mol. The number of halogens is 2. The summed E-state index contributed by atoms with van der Waals surface area (Å²) in [5, 5.41) is 10.2. The zero-order chi connectivity index (χ0) is 24.0. The fraction of sp³-hybridized carbons (Fsp3) is 0.440. The molecule has 2 fully saturated rings. The average Bonchev–Trinajstić information content (AvgIpc) is 3.67. The van der Waals surface area contributed by atoms with E-state index >= 15 is 0 Å². The first-order chi connectivity index (χ1) is 16.4. The lowest BCUT2D eigenvalue weighted by atomic mass is 9.88. The molecular formula is C25H26ClFN6O. The summed E-state index contributed by atoms with van der Waals surface area (Å²) in [6.45, 7) is 0. The van der Waals surface area contributed by atoms with Gasteiger partial charge in [-0.15, -0.1) is 0 Å². The van der Waals surface area contributed by atoms with Crippen LogP contribution in [0.15, 0.2) is 35.3 Å². The van der Waals surface area contributed by atoms with E-state index in [9.17, 15) is 14.4 Å². The Morgan fingerprint density at radius 2 is 1.74 bits per heavy atom. The first-order valence-electron chi connectivity index (χ1n) is 11.6. The largest absolute Gasteiger partial charge is 0.369 e. The molecule has 3 aromatic rings. The van der Waals surface area contributed by atoms with Gasteiger partial charge in [-0.2, -0.15) is 5.26 Å². The third kappa shape index (κ3) is 3.98. The molecule has 0 amide bonds. The fourth-order valence-electron chi connectivity index (χ4n) is 5.27. The van der Waals surface area contributed by atoms with E-state index in [1.165, 1.54) is 16.8 Å². The number of anilines is 2. The van der Waals surface area contributed by atoms with Crippen LogP contribution in [-0.2, 0) is 7.05 Å². The molecule has 5 rings (SSSR count). The highest BCUT2D eigenvalue weighted by Crippen LogP contribution is 2.39. The maximum atomic E-state index is 13.4. The third-order valence-corrected chi connectivity index (χ3v) is 7.38. The van der Waals surface area contributed by atoms with E-state index < -0.39 is 0 Å². The van der Waals surface area contributed by atoms with Gasteiger partial charge in [0.1, 0.15) is 33.9 Å². The van der Waals surface area contributed by atoms with Gasteiger partial charge in [-0.05, 0) is 62.8 Å². The van der Waals surface area contributed by atoms with Gasteiger partial charge in [0.05, 0.1) is 17.4 Å². The lowest BCUT2D eigenvalue weighted by molar-refractivity contribution is 0.364.